The number of nitrogens with two attached hydrogens (primary N) is 1. The number of anilines is 1. The average Bonchev–Trinajstić information content (AvgIpc) is 3.69. The maximum Gasteiger partial charge on any atom is 0.303 e. The second kappa shape index (κ2) is 13.2. The number of rotatable bonds is 11. The fourth-order valence-corrected chi connectivity index (χ4v) is 7.63. The van der Waals surface area contributed by atoms with Gasteiger partial charge in [0.05, 0.1) is 22.0 Å². The lowest BCUT2D eigenvalue weighted by molar-refractivity contribution is -0.152. The van der Waals surface area contributed by atoms with E-state index >= 15 is 0 Å². The van der Waals surface area contributed by atoms with Crippen LogP contribution < -0.4 is 16.4 Å². The van der Waals surface area contributed by atoms with Crippen LogP contribution in [0.1, 0.15) is 86.7 Å². The van der Waals surface area contributed by atoms with Crippen molar-refractivity contribution < 1.29 is 24.3 Å². The highest BCUT2D eigenvalue weighted by atomic mass is 35.5. The number of likely N-dealkylation sites (tertiary alicyclic amines) is 1. The van der Waals surface area contributed by atoms with Gasteiger partial charge in [-0.05, 0) is 85.6 Å². The van der Waals surface area contributed by atoms with Crippen LogP contribution in [0, 0.1) is 21.7 Å². The molecule has 2 aromatic rings. The Balaban J connectivity index is 1.25. The van der Waals surface area contributed by atoms with Crippen LogP contribution in [0.15, 0.2) is 47.6 Å². The van der Waals surface area contributed by atoms with Gasteiger partial charge in [0.25, 0.3) is 5.91 Å². The van der Waals surface area contributed by atoms with Crippen LogP contribution in [0.5, 0.6) is 0 Å². The number of nitroso groups, excluding NO2 is 1. The molecule has 12 heteroatoms. The Morgan fingerprint density at radius 1 is 1.07 bits per heavy atom. The molecule has 1 aliphatic heterocycles. The van der Waals surface area contributed by atoms with Crippen molar-refractivity contribution in [1.82, 2.24) is 10.2 Å². The van der Waals surface area contributed by atoms with E-state index < -0.39 is 46.9 Å². The first kappa shape index (κ1) is 33.7. The lowest BCUT2D eigenvalue weighted by Crippen LogP contribution is -2.55. The zero-order valence-corrected chi connectivity index (χ0v) is 27.2. The maximum absolute atomic E-state index is 13.8. The number of primary amides is 1. The minimum atomic E-state index is -1.22. The SMILES string of the molecule is CC1(C)[C@@H](C(O)N[C@@H](Cc2ccc(NC(=O)c3c(Cl)cccc3C3CC3)cc2)C(=O)N=O)CC[C@@]1(C)C(=O)N1CCC[C@H]1C(N)=O. The van der Waals surface area contributed by atoms with E-state index in [4.69, 9.17) is 17.3 Å². The number of halogens is 1. The zero-order valence-electron chi connectivity index (χ0n) is 26.4. The highest BCUT2D eigenvalue weighted by Crippen LogP contribution is 2.58. The van der Waals surface area contributed by atoms with Crippen molar-refractivity contribution in [2.75, 3.05) is 11.9 Å². The summed E-state index contributed by atoms with van der Waals surface area (Å²) in [5, 5.41) is 20.2. The molecule has 5 atom stereocenters. The van der Waals surface area contributed by atoms with Crippen LogP contribution in [0.2, 0.25) is 5.02 Å². The summed E-state index contributed by atoms with van der Waals surface area (Å²) in [5.41, 5.74) is 6.58. The maximum atomic E-state index is 13.8. The predicted octanol–water partition coefficient (Wildman–Crippen LogP) is 4.50. The lowest BCUT2D eigenvalue weighted by atomic mass is 9.64. The van der Waals surface area contributed by atoms with Gasteiger partial charge >= 0.3 is 5.91 Å². The van der Waals surface area contributed by atoms with Crippen molar-refractivity contribution in [3.8, 4) is 0 Å². The number of hydrogen-bond acceptors (Lipinski definition) is 7. The van der Waals surface area contributed by atoms with Gasteiger partial charge < -0.3 is 21.1 Å². The summed E-state index contributed by atoms with van der Waals surface area (Å²) < 4.78 is 0. The molecule has 4 amide bonds. The number of amides is 4. The summed E-state index contributed by atoms with van der Waals surface area (Å²) in [6.45, 7) is 6.11. The number of nitrogens with zero attached hydrogens (tertiary/aromatic N) is 2. The first-order valence-corrected chi connectivity index (χ1v) is 16.3. The highest BCUT2D eigenvalue weighted by molar-refractivity contribution is 6.34. The van der Waals surface area contributed by atoms with Crippen molar-refractivity contribution in [2.45, 2.75) is 89.9 Å². The lowest BCUT2D eigenvalue weighted by Gasteiger charge is -2.44. The van der Waals surface area contributed by atoms with E-state index in [-0.39, 0.29) is 18.2 Å². The van der Waals surface area contributed by atoms with Crippen LogP contribution in [-0.2, 0) is 20.8 Å². The number of benzene rings is 2. The summed E-state index contributed by atoms with van der Waals surface area (Å²) in [5.74, 6) is -2.05. The molecule has 2 aliphatic carbocycles. The first-order chi connectivity index (χ1) is 21.8. The molecule has 46 heavy (non-hydrogen) atoms. The van der Waals surface area contributed by atoms with Crippen molar-refractivity contribution in [2.24, 2.45) is 27.7 Å². The molecule has 1 heterocycles. The largest absolute Gasteiger partial charge is 0.378 e. The quantitative estimate of drug-likeness (QED) is 0.205. The molecule has 0 bridgehead atoms. The number of aliphatic hydroxyl groups is 1. The third-order valence-electron chi connectivity index (χ3n) is 10.7. The fraction of sp³-hybridized carbons (Fsp3) is 0.529. The molecule has 1 unspecified atom stereocenters. The summed E-state index contributed by atoms with van der Waals surface area (Å²) in [6.07, 6.45) is 3.07. The molecule has 0 spiro atoms. The van der Waals surface area contributed by atoms with Crippen LogP contribution in [0.25, 0.3) is 0 Å². The van der Waals surface area contributed by atoms with E-state index in [1.54, 1.807) is 35.2 Å². The Labute approximate surface area is 273 Å². The second-order valence-corrected chi connectivity index (χ2v) is 14.1. The molecule has 246 valence electrons. The summed E-state index contributed by atoms with van der Waals surface area (Å²) in [6, 6.07) is 10.6. The van der Waals surface area contributed by atoms with Crippen LogP contribution >= 0.6 is 11.6 Å². The number of carbonyl (C=O) groups is 4. The molecule has 11 nitrogen and oxygen atoms in total. The van der Waals surface area contributed by atoms with Gasteiger partial charge in [-0.3, -0.25) is 24.5 Å². The molecule has 3 aliphatic rings. The smallest absolute Gasteiger partial charge is 0.303 e. The third kappa shape index (κ3) is 6.45. The van der Waals surface area contributed by atoms with Gasteiger partial charge in [0.15, 0.2) is 0 Å². The molecular formula is C34H42ClN5O6. The Morgan fingerprint density at radius 2 is 1.76 bits per heavy atom. The van der Waals surface area contributed by atoms with Gasteiger partial charge in [0.2, 0.25) is 11.8 Å². The minimum absolute atomic E-state index is 0.0591. The molecule has 2 saturated carbocycles. The fourth-order valence-electron chi connectivity index (χ4n) is 7.37. The Hall–Kier alpha value is -3.67. The Bertz CT molecular complexity index is 1530. The second-order valence-electron chi connectivity index (χ2n) is 13.7. The Morgan fingerprint density at radius 3 is 2.39 bits per heavy atom. The van der Waals surface area contributed by atoms with Crippen molar-refractivity contribution >= 4 is 40.9 Å². The molecule has 5 rings (SSSR count). The third-order valence-corrected chi connectivity index (χ3v) is 11.0. The summed E-state index contributed by atoms with van der Waals surface area (Å²) in [7, 11) is 0. The van der Waals surface area contributed by atoms with E-state index in [2.05, 4.69) is 15.8 Å². The first-order valence-electron chi connectivity index (χ1n) is 15.9. The van der Waals surface area contributed by atoms with Crippen LogP contribution in [-0.4, -0.2) is 58.5 Å². The monoisotopic (exact) mass is 651 g/mol. The Kier molecular flexibility index (Phi) is 9.68. The molecule has 5 N–H and O–H groups in total. The summed E-state index contributed by atoms with van der Waals surface area (Å²) >= 11 is 6.38. The van der Waals surface area contributed by atoms with Crippen LogP contribution in [0.3, 0.4) is 0 Å². The summed E-state index contributed by atoms with van der Waals surface area (Å²) in [4.78, 5) is 64.4. The number of aliphatic hydroxyl groups excluding tert-OH is 1. The van der Waals surface area contributed by atoms with Crippen LogP contribution in [0.4, 0.5) is 5.69 Å². The van der Waals surface area contributed by atoms with Crippen molar-refractivity contribution in [3.63, 3.8) is 0 Å². The van der Waals surface area contributed by atoms with E-state index in [9.17, 15) is 29.2 Å². The molecule has 1 saturated heterocycles. The van der Waals surface area contributed by atoms with Crippen molar-refractivity contribution in [1.29, 1.82) is 0 Å². The van der Waals surface area contributed by atoms with Gasteiger partial charge in [0.1, 0.15) is 12.3 Å². The number of hydrogen-bond donors (Lipinski definition) is 4. The van der Waals surface area contributed by atoms with E-state index in [0.717, 1.165) is 18.4 Å². The van der Waals surface area contributed by atoms with Gasteiger partial charge in [-0.1, -0.05) is 56.6 Å². The van der Waals surface area contributed by atoms with E-state index in [1.807, 2.05) is 32.9 Å². The normalized spacial score (nSPS) is 25.1. The molecular weight excluding hydrogens is 610 g/mol. The average molecular weight is 652 g/mol. The van der Waals surface area contributed by atoms with E-state index in [1.165, 1.54) is 0 Å². The molecule has 2 aromatic carbocycles. The zero-order chi connectivity index (χ0) is 33.4. The van der Waals surface area contributed by atoms with Crippen molar-refractivity contribution in [3.05, 3.63) is 69.1 Å². The molecule has 0 radical (unpaired) electrons. The van der Waals surface area contributed by atoms with Gasteiger partial charge in [-0.2, -0.15) is 0 Å². The van der Waals surface area contributed by atoms with Gasteiger partial charge in [-0.25, -0.2) is 0 Å². The topological polar surface area (TPSA) is 171 Å². The van der Waals surface area contributed by atoms with Gasteiger partial charge in [-0.15, -0.1) is 4.91 Å². The minimum Gasteiger partial charge on any atom is -0.378 e. The number of carbonyl (C=O) groups excluding carboxylic acids is 4. The predicted molar refractivity (Wildman–Crippen MR) is 174 cm³/mol. The molecule has 3 fully saturated rings. The number of nitrogens with one attached hydrogen (secondary N) is 2. The van der Waals surface area contributed by atoms with E-state index in [0.29, 0.717) is 60.0 Å². The molecule has 0 aromatic heterocycles. The standard InChI is InChI=1S/C34H42ClN5O6/c1-33(2)23(15-16-34(33,3)32(45)40-17-5-8-26(40)28(36)41)29(42)38-25(30(43)39-46)18-19-9-13-21(14-10-19)37-31(44)27-22(20-11-12-20)6-4-7-24(27)35/h4,6-7,9-10,13-14,20,23,25-26,29,38,42H,5,8,11-12,15-18H2,1-3H3,(H2,36,41)(H,37,44)/t23-,25+,26+,29?,34+/m1/s1. The highest BCUT2D eigenvalue weighted by Gasteiger charge is 2.59. The van der Waals surface area contributed by atoms with Gasteiger partial charge in [0, 0.05) is 23.3 Å².